The van der Waals surface area contributed by atoms with Crippen molar-refractivity contribution in [2.45, 2.75) is 32.3 Å². The first-order valence-electron chi connectivity index (χ1n) is 4.55. The molecule has 0 atom stereocenters. The summed E-state index contributed by atoms with van der Waals surface area (Å²) < 4.78 is 25.6. The average molecular weight is 200 g/mol. The molecule has 1 rings (SSSR count). The number of hydrogen-bond donors (Lipinski definition) is 1. The van der Waals surface area contributed by atoms with E-state index in [-0.39, 0.29) is 0 Å². The van der Waals surface area contributed by atoms with Crippen LogP contribution in [0.1, 0.15) is 25.8 Å². The molecule has 0 aliphatic carbocycles. The Morgan fingerprint density at radius 3 is 2.43 bits per heavy atom. The summed E-state index contributed by atoms with van der Waals surface area (Å²) in [6, 6.07) is 3.50. The number of benzene rings is 1. The summed E-state index contributed by atoms with van der Waals surface area (Å²) in [6.07, 6.45) is 0.866. The van der Waals surface area contributed by atoms with Crippen LogP contribution in [0.4, 0.5) is 8.78 Å². The predicted octanol–water partition coefficient (Wildman–Crippen LogP) is 2.67. The third-order valence-corrected chi connectivity index (χ3v) is 2.02. The Hall–Kier alpha value is -0.960. The monoisotopic (exact) mass is 200 g/mol. The average Bonchev–Trinajstić information content (AvgIpc) is 2.00. The molecule has 0 amide bonds. The van der Waals surface area contributed by atoms with Crippen LogP contribution in [-0.4, -0.2) is 10.7 Å². The minimum absolute atomic E-state index is 0.412. The van der Waals surface area contributed by atoms with E-state index in [9.17, 15) is 13.9 Å². The lowest BCUT2D eigenvalue weighted by Gasteiger charge is -2.16. The van der Waals surface area contributed by atoms with E-state index in [0.29, 0.717) is 18.4 Å². The molecular weight excluding hydrogens is 186 g/mol. The summed E-state index contributed by atoms with van der Waals surface area (Å²) in [6.45, 7) is 3.32. The van der Waals surface area contributed by atoms with Crippen molar-refractivity contribution in [3.8, 4) is 0 Å². The minimum Gasteiger partial charge on any atom is -0.390 e. The van der Waals surface area contributed by atoms with Gasteiger partial charge in [-0.1, -0.05) is 6.07 Å². The first-order chi connectivity index (χ1) is 6.38. The van der Waals surface area contributed by atoms with E-state index in [0.717, 1.165) is 6.07 Å². The summed E-state index contributed by atoms with van der Waals surface area (Å²) in [7, 11) is 0. The third-order valence-electron chi connectivity index (χ3n) is 2.02. The lowest BCUT2D eigenvalue weighted by atomic mass is 9.99. The number of halogens is 2. The van der Waals surface area contributed by atoms with Gasteiger partial charge in [0.25, 0.3) is 0 Å². The lowest BCUT2D eigenvalue weighted by molar-refractivity contribution is 0.0712. The van der Waals surface area contributed by atoms with Gasteiger partial charge in [-0.05, 0) is 38.3 Å². The van der Waals surface area contributed by atoms with Gasteiger partial charge < -0.3 is 5.11 Å². The van der Waals surface area contributed by atoms with Gasteiger partial charge in [0.2, 0.25) is 0 Å². The van der Waals surface area contributed by atoms with Gasteiger partial charge in [0.15, 0.2) is 0 Å². The molecule has 0 radical (unpaired) electrons. The number of hydrogen-bond acceptors (Lipinski definition) is 1. The molecule has 1 N–H and O–H groups in total. The van der Waals surface area contributed by atoms with E-state index in [1.807, 2.05) is 0 Å². The van der Waals surface area contributed by atoms with Crippen LogP contribution in [0, 0.1) is 11.6 Å². The quantitative estimate of drug-likeness (QED) is 0.795. The summed E-state index contributed by atoms with van der Waals surface area (Å²) >= 11 is 0. The SMILES string of the molecule is CC(C)(O)CCc1ccc(F)cc1F. The predicted molar refractivity (Wildman–Crippen MR) is 51.0 cm³/mol. The highest BCUT2D eigenvalue weighted by Gasteiger charge is 2.13. The van der Waals surface area contributed by atoms with Crippen LogP contribution in [0.2, 0.25) is 0 Å². The molecule has 3 heteroatoms. The maximum Gasteiger partial charge on any atom is 0.129 e. The Morgan fingerprint density at radius 2 is 1.93 bits per heavy atom. The van der Waals surface area contributed by atoms with Gasteiger partial charge in [-0.3, -0.25) is 0 Å². The molecule has 0 spiro atoms. The fraction of sp³-hybridized carbons (Fsp3) is 0.455. The molecule has 14 heavy (non-hydrogen) atoms. The van der Waals surface area contributed by atoms with Gasteiger partial charge in [0.05, 0.1) is 5.60 Å². The summed E-state index contributed by atoms with van der Waals surface area (Å²) in [5, 5.41) is 9.43. The Morgan fingerprint density at radius 1 is 1.29 bits per heavy atom. The van der Waals surface area contributed by atoms with Crippen LogP contribution in [0.5, 0.6) is 0 Å². The molecule has 1 aromatic rings. The molecule has 0 unspecified atom stereocenters. The minimum atomic E-state index is -0.819. The van der Waals surface area contributed by atoms with Crippen molar-refractivity contribution in [3.63, 3.8) is 0 Å². The Bertz CT molecular complexity index is 316. The summed E-state index contributed by atoms with van der Waals surface area (Å²) in [5.41, 5.74) is -0.380. The number of rotatable bonds is 3. The Labute approximate surface area is 82.4 Å². The normalized spacial score (nSPS) is 11.8. The first-order valence-corrected chi connectivity index (χ1v) is 4.55. The van der Waals surface area contributed by atoms with Crippen LogP contribution in [0.15, 0.2) is 18.2 Å². The largest absolute Gasteiger partial charge is 0.390 e. The van der Waals surface area contributed by atoms with Crippen molar-refractivity contribution in [1.82, 2.24) is 0 Å². The van der Waals surface area contributed by atoms with Crippen LogP contribution >= 0.6 is 0 Å². The topological polar surface area (TPSA) is 20.2 Å². The van der Waals surface area contributed by atoms with E-state index in [4.69, 9.17) is 0 Å². The molecule has 1 aromatic carbocycles. The lowest BCUT2D eigenvalue weighted by Crippen LogP contribution is -2.19. The summed E-state index contributed by atoms with van der Waals surface area (Å²) in [5.74, 6) is -1.12. The molecule has 1 nitrogen and oxygen atoms in total. The van der Waals surface area contributed by atoms with Gasteiger partial charge in [0.1, 0.15) is 11.6 Å². The second-order valence-electron chi connectivity index (χ2n) is 4.05. The van der Waals surface area contributed by atoms with Crippen LogP contribution in [-0.2, 0) is 6.42 Å². The molecule has 0 bridgehead atoms. The highest BCUT2D eigenvalue weighted by Crippen LogP contribution is 2.16. The van der Waals surface area contributed by atoms with Gasteiger partial charge in [-0.15, -0.1) is 0 Å². The van der Waals surface area contributed by atoms with Gasteiger partial charge in [0, 0.05) is 6.07 Å². The van der Waals surface area contributed by atoms with Crippen LogP contribution < -0.4 is 0 Å². The van der Waals surface area contributed by atoms with Crippen molar-refractivity contribution in [1.29, 1.82) is 0 Å². The van der Waals surface area contributed by atoms with Crippen LogP contribution in [0.3, 0.4) is 0 Å². The van der Waals surface area contributed by atoms with E-state index < -0.39 is 17.2 Å². The Balaban J connectivity index is 2.68. The molecule has 0 saturated heterocycles. The molecule has 0 aliphatic rings. The second kappa shape index (κ2) is 4.05. The first kappa shape index (κ1) is 11.1. The second-order valence-corrected chi connectivity index (χ2v) is 4.05. The molecule has 78 valence electrons. The molecule has 0 aliphatic heterocycles. The standard InChI is InChI=1S/C11H14F2O/c1-11(2,14)6-5-8-3-4-9(12)7-10(8)13/h3-4,7,14H,5-6H2,1-2H3. The summed E-state index contributed by atoms with van der Waals surface area (Å²) in [4.78, 5) is 0. The zero-order chi connectivity index (χ0) is 10.8. The molecular formula is C11H14F2O. The molecule has 0 heterocycles. The third kappa shape index (κ3) is 3.42. The van der Waals surface area contributed by atoms with E-state index in [1.54, 1.807) is 13.8 Å². The van der Waals surface area contributed by atoms with Crippen molar-refractivity contribution in [3.05, 3.63) is 35.4 Å². The zero-order valence-corrected chi connectivity index (χ0v) is 8.35. The fourth-order valence-corrected chi connectivity index (χ4v) is 1.17. The van der Waals surface area contributed by atoms with Crippen molar-refractivity contribution in [2.24, 2.45) is 0 Å². The fourth-order valence-electron chi connectivity index (χ4n) is 1.17. The van der Waals surface area contributed by atoms with Crippen LogP contribution in [0.25, 0.3) is 0 Å². The van der Waals surface area contributed by atoms with Crippen molar-refractivity contribution >= 4 is 0 Å². The van der Waals surface area contributed by atoms with E-state index in [1.165, 1.54) is 12.1 Å². The molecule has 0 saturated carbocycles. The zero-order valence-electron chi connectivity index (χ0n) is 8.35. The number of aliphatic hydroxyl groups is 1. The maximum atomic E-state index is 13.1. The maximum absolute atomic E-state index is 13.1. The number of aryl methyl sites for hydroxylation is 1. The van der Waals surface area contributed by atoms with E-state index in [2.05, 4.69) is 0 Å². The van der Waals surface area contributed by atoms with Gasteiger partial charge in [-0.25, -0.2) is 8.78 Å². The van der Waals surface area contributed by atoms with Gasteiger partial charge in [-0.2, -0.15) is 0 Å². The van der Waals surface area contributed by atoms with Gasteiger partial charge >= 0.3 is 0 Å². The highest BCUT2D eigenvalue weighted by molar-refractivity contribution is 5.18. The van der Waals surface area contributed by atoms with Crippen molar-refractivity contribution in [2.75, 3.05) is 0 Å². The van der Waals surface area contributed by atoms with E-state index >= 15 is 0 Å². The highest BCUT2D eigenvalue weighted by atomic mass is 19.1. The Kier molecular flexibility index (Phi) is 3.21. The smallest absolute Gasteiger partial charge is 0.129 e. The molecule has 0 aromatic heterocycles. The van der Waals surface area contributed by atoms with Crippen molar-refractivity contribution < 1.29 is 13.9 Å². The molecule has 0 fully saturated rings.